The predicted octanol–water partition coefficient (Wildman–Crippen LogP) is 6.94. The maximum Gasteiger partial charge on any atom is 0.416 e. The number of nitrogens with zero attached hydrogens (tertiary/aromatic N) is 3. The van der Waals surface area contributed by atoms with Crippen LogP contribution in [0.4, 0.5) is 22.0 Å². The Morgan fingerprint density at radius 2 is 1.84 bits per heavy atom. The van der Waals surface area contributed by atoms with Crippen LogP contribution < -0.4 is 10.3 Å². The molecule has 1 aliphatic heterocycles. The topological polar surface area (TPSA) is 47.4 Å². The molecular weight excluding hydrogens is 585 g/mol. The molecule has 5 nitrogen and oxygen atoms in total. The Kier molecular flexibility index (Phi) is 8.94. The van der Waals surface area contributed by atoms with E-state index in [0.29, 0.717) is 41.4 Å². The lowest BCUT2D eigenvalue weighted by Gasteiger charge is -2.25. The molecule has 0 fully saturated rings. The van der Waals surface area contributed by atoms with E-state index in [-0.39, 0.29) is 22.9 Å². The number of hydrogen-bond donors (Lipinski definition) is 0. The van der Waals surface area contributed by atoms with Crippen LogP contribution in [0.3, 0.4) is 0 Å². The molecule has 3 heterocycles. The predicted molar refractivity (Wildman–Crippen MR) is 157 cm³/mol. The standard InChI is InChI=1S/C32H30F5N3O2S/c1-19-23(16-24-25(32(35,36)37)10-7-11-26(24)33)31-40(30(41)28(19)22-9-6-12-27(42-3)29(22)34)21(18-43-31)17-39(2)15-13-20-8-4-5-14-38-20/h4-12,14,21H,13,15-18H2,1-3H3. The minimum absolute atomic E-state index is 0.0173. The van der Waals surface area contributed by atoms with E-state index < -0.39 is 40.9 Å². The van der Waals surface area contributed by atoms with Crippen LogP contribution >= 0.6 is 11.8 Å². The van der Waals surface area contributed by atoms with Crippen LogP contribution in [0.25, 0.3) is 11.1 Å². The zero-order chi connectivity index (χ0) is 30.9. The molecule has 1 atom stereocenters. The molecule has 0 spiro atoms. The lowest BCUT2D eigenvalue weighted by molar-refractivity contribution is -0.138. The van der Waals surface area contributed by atoms with E-state index in [9.17, 15) is 18.0 Å². The molecule has 11 heteroatoms. The van der Waals surface area contributed by atoms with Gasteiger partial charge in [0.15, 0.2) is 11.6 Å². The Balaban J connectivity index is 1.62. The lowest BCUT2D eigenvalue weighted by atomic mass is 9.92. The summed E-state index contributed by atoms with van der Waals surface area (Å²) in [6.07, 6.45) is -2.79. The van der Waals surface area contributed by atoms with Crippen LogP contribution in [0.15, 0.2) is 70.6 Å². The molecule has 0 bridgehead atoms. The van der Waals surface area contributed by atoms with Gasteiger partial charge >= 0.3 is 6.18 Å². The number of ether oxygens (including phenoxy) is 1. The van der Waals surface area contributed by atoms with E-state index in [1.807, 2.05) is 25.2 Å². The highest BCUT2D eigenvalue weighted by molar-refractivity contribution is 7.99. The zero-order valence-electron chi connectivity index (χ0n) is 23.8. The quantitative estimate of drug-likeness (QED) is 0.191. The molecule has 1 unspecified atom stereocenters. The highest BCUT2D eigenvalue weighted by Gasteiger charge is 2.37. The summed E-state index contributed by atoms with van der Waals surface area (Å²) in [5, 5.41) is 0.467. The summed E-state index contributed by atoms with van der Waals surface area (Å²) in [6.45, 7) is 2.69. The molecule has 0 amide bonds. The molecule has 226 valence electrons. The third-order valence-electron chi connectivity index (χ3n) is 7.74. The van der Waals surface area contributed by atoms with E-state index in [1.54, 1.807) is 23.8 Å². The monoisotopic (exact) mass is 615 g/mol. The van der Waals surface area contributed by atoms with Crippen LogP contribution in [0, 0.1) is 18.6 Å². The van der Waals surface area contributed by atoms with Gasteiger partial charge in [-0.15, -0.1) is 11.8 Å². The molecular formula is C32H30F5N3O2S. The summed E-state index contributed by atoms with van der Waals surface area (Å²) in [5.41, 5.74) is -0.487. The SMILES string of the molecule is COc1cccc(-c2c(C)c(Cc3c(F)cccc3C(F)(F)F)c3n(c2=O)C(CN(C)CCc2ccccn2)CS3)c1F. The van der Waals surface area contributed by atoms with E-state index in [4.69, 9.17) is 4.74 Å². The Bertz CT molecular complexity index is 1690. The Hall–Kier alpha value is -3.70. The van der Waals surface area contributed by atoms with Crippen LogP contribution in [-0.2, 0) is 19.0 Å². The number of thioether (sulfide) groups is 1. The van der Waals surface area contributed by atoms with Gasteiger partial charge in [-0.05, 0) is 55.4 Å². The summed E-state index contributed by atoms with van der Waals surface area (Å²) in [5.74, 6) is -1.35. The van der Waals surface area contributed by atoms with Crippen molar-refractivity contribution in [2.75, 3.05) is 33.0 Å². The molecule has 43 heavy (non-hydrogen) atoms. The van der Waals surface area contributed by atoms with Gasteiger partial charge in [-0.1, -0.05) is 24.3 Å². The molecule has 4 aromatic rings. The normalized spacial score (nSPS) is 14.8. The number of pyridine rings is 2. The van der Waals surface area contributed by atoms with Crippen molar-refractivity contribution in [3.05, 3.63) is 111 Å². The second-order valence-electron chi connectivity index (χ2n) is 10.5. The van der Waals surface area contributed by atoms with E-state index in [0.717, 1.165) is 23.9 Å². The van der Waals surface area contributed by atoms with Crippen LogP contribution in [0.5, 0.6) is 5.75 Å². The summed E-state index contributed by atoms with van der Waals surface area (Å²) < 4.78 is 79.1. The van der Waals surface area contributed by atoms with Crippen LogP contribution in [0.2, 0.25) is 0 Å². The van der Waals surface area contributed by atoms with Gasteiger partial charge in [0.25, 0.3) is 5.56 Å². The van der Waals surface area contributed by atoms with Crippen molar-refractivity contribution in [2.24, 2.45) is 0 Å². The highest BCUT2D eigenvalue weighted by atomic mass is 32.2. The van der Waals surface area contributed by atoms with Crippen LogP contribution in [-0.4, -0.2) is 47.5 Å². The molecule has 1 aliphatic rings. The fourth-order valence-corrected chi connectivity index (χ4v) is 6.95. The highest BCUT2D eigenvalue weighted by Crippen LogP contribution is 2.42. The number of rotatable bonds is 9. The number of fused-ring (bicyclic) bond motifs is 1. The molecule has 2 aromatic carbocycles. The lowest BCUT2D eigenvalue weighted by Crippen LogP contribution is -2.35. The van der Waals surface area contributed by atoms with Crippen molar-refractivity contribution in [3.8, 4) is 16.9 Å². The Labute approximate surface area is 250 Å². The number of methoxy groups -OCH3 is 1. The van der Waals surface area contributed by atoms with Crippen molar-refractivity contribution in [2.45, 2.75) is 37.0 Å². The molecule has 0 saturated heterocycles. The average molecular weight is 616 g/mol. The number of benzene rings is 2. The summed E-state index contributed by atoms with van der Waals surface area (Å²) in [4.78, 5) is 20.6. The first kappa shape index (κ1) is 30.7. The molecule has 0 N–H and O–H groups in total. The first-order chi connectivity index (χ1) is 20.5. The first-order valence-corrected chi connectivity index (χ1v) is 14.7. The molecule has 2 aromatic heterocycles. The minimum Gasteiger partial charge on any atom is -0.494 e. The summed E-state index contributed by atoms with van der Waals surface area (Å²) in [7, 11) is 3.23. The first-order valence-electron chi connectivity index (χ1n) is 13.7. The van der Waals surface area contributed by atoms with Crippen molar-refractivity contribution in [1.29, 1.82) is 0 Å². The van der Waals surface area contributed by atoms with E-state index in [1.165, 1.54) is 31.0 Å². The van der Waals surface area contributed by atoms with Gasteiger partial charge in [-0.25, -0.2) is 8.78 Å². The number of aromatic nitrogens is 2. The molecule has 5 rings (SSSR count). The summed E-state index contributed by atoms with van der Waals surface area (Å²) >= 11 is 1.34. The second kappa shape index (κ2) is 12.5. The third kappa shape index (κ3) is 6.19. The van der Waals surface area contributed by atoms with Gasteiger partial charge in [0.1, 0.15) is 5.82 Å². The minimum atomic E-state index is -4.78. The molecule has 0 radical (unpaired) electrons. The van der Waals surface area contributed by atoms with Crippen molar-refractivity contribution in [3.63, 3.8) is 0 Å². The van der Waals surface area contributed by atoms with Crippen LogP contribution in [0.1, 0.15) is 34.0 Å². The van der Waals surface area contributed by atoms with Gasteiger partial charge in [0.05, 0.1) is 29.3 Å². The van der Waals surface area contributed by atoms with E-state index in [2.05, 4.69) is 9.88 Å². The molecule has 0 aliphatic carbocycles. The fraction of sp³-hybridized carbons (Fsp3) is 0.312. The number of alkyl halides is 3. The average Bonchev–Trinajstić information content (AvgIpc) is 3.39. The van der Waals surface area contributed by atoms with Crippen molar-refractivity contribution >= 4 is 11.8 Å². The molecule has 0 saturated carbocycles. The van der Waals surface area contributed by atoms with Crippen molar-refractivity contribution in [1.82, 2.24) is 14.5 Å². The van der Waals surface area contributed by atoms with Gasteiger partial charge in [-0.3, -0.25) is 14.3 Å². The number of halogens is 5. The fourth-order valence-electron chi connectivity index (χ4n) is 5.57. The van der Waals surface area contributed by atoms with Gasteiger partial charge in [0.2, 0.25) is 0 Å². The zero-order valence-corrected chi connectivity index (χ0v) is 24.7. The smallest absolute Gasteiger partial charge is 0.416 e. The maximum atomic E-state index is 15.6. The summed E-state index contributed by atoms with van der Waals surface area (Å²) in [6, 6.07) is 12.6. The van der Waals surface area contributed by atoms with Crippen molar-refractivity contribution < 1.29 is 26.7 Å². The number of likely N-dealkylation sites (N-methyl/N-ethyl adjacent to an activating group) is 1. The van der Waals surface area contributed by atoms with E-state index >= 15 is 8.78 Å². The van der Waals surface area contributed by atoms with Gasteiger partial charge in [0, 0.05) is 54.7 Å². The number of hydrogen-bond acceptors (Lipinski definition) is 5. The van der Waals surface area contributed by atoms with Gasteiger partial charge < -0.3 is 9.64 Å². The third-order valence-corrected chi connectivity index (χ3v) is 9.01. The largest absolute Gasteiger partial charge is 0.494 e. The Morgan fingerprint density at radius 1 is 1.07 bits per heavy atom. The maximum absolute atomic E-state index is 15.6. The van der Waals surface area contributed by atoms with Gasteiger partial charge in [-0.2, -0.15) is 13.2 Å². The second-order valence-corrected chi connectivity index (χ2v) is 11.5. The Morgan fingerprint density at radius 3 is 2.53 bits per heavy atom.